The normalized spacial score (nSPS) is 26.6. The molecule has 0 unspecified atom stereocenters. The minimum absolute atomic E-state index is 0.0268. The fourth-order valence-electron chi connectivity index (χ4n) is 6.98. The average molecular weight is 575 g/mol. The lowest BCUT2D eigenvalue weighted by Crippen LogP contribution is -2.44. The van der Waals surface area contributed by atoms with E-state index in [-0.39, 0.29) is 53.0 Å². The molecule has 2 aromatic heterocycles. The molecule has 4 atom stereocenters. The van der Waals surface area contributed by atoms with Gasteiger partial charge in [-0.25, -0.2) is 0 Å². The van der Waals surface area contributed by atoms with Crippen LogP contribution in [0.25, 0.3) is 22.4 Å². The van der Waals surface area contributed by atoms with Crippen molar-refractivity contribution in [1.82, 2.24) is 30.2 Å². The van der Waals surface area contributed by atoms with Gasteiger partial charge in [-0.2, -0.15) is 5.10 Å². The number of nitrogens with zero attached hydrogens (tertiary/aromatic N) is 5. The van der Waals surface area contributed by atoms with Crippen molar-refractivity contribution in [3.8, 4) is 11.5 Å². The summed E-state index contributed by atoms with van der Waals surface area (Å²) >= 11 is 0. The van der Waals surface area contributed by atoms with Gasteiger partial charge in [0.2, 0.25) is 23.6 Å². The maximum atomic E-state index is 14.0. The monoisotopic (exact) mass is 574 g/mol. The van der Waals surface area contributed by atoms with Gasteiger partial charge in [-0.3, -0.25) is 23.9 Å². The number of carbonyl (C=O) groups is 4. The molecule has 2 bridgehead atoms. The Kier molecular flexibility index (Phi) is 7.22. The molecule has 11 heteroatoms. The zero-order chi connectivity index (χ0) is 29.8. The quantitative estimate of drug-likeness (QED) is 0.464. The Hall–Kier alpha value is -3.89. The van der Waals surface area contributed by atoms with Crippen LogP contribution in [0.3, 0.4) is 0 Å². The number of hydrogen-bond donors (Lipinski definition) is 1. The number of Topliss-reactive ketones (excluding diaryl/α,β-unsaturated/α-hetero) is 2. The number of benzene rings is 1. The standard InChI is InChI=1S/C31H38N6O5/c1-5-24(39)23-13-31-14-25(31)37(23)26(40)15-36-28-20(10-8-6-7-9-17(2)29(41)32-16-31)11-21(30-34-33-19(4)42-30)12-22(28)27(35-36)18(3)38/h11-12,17,23,25H,5-10,13-16H2,1-4H3,(H,32,41)/t17-,23-,25+,31-/m0/s1. The lowest BCUT2D eigenvalue weighted by atomic mass is 9.95. The van der Waals surface area contributed by atoms with E-state index in [0.717, 1.165) is 43.2 Å². The third-order valence-corrected chi connectivity index (χ3v) is 9.39. The topological polar surface area (TPSA) is 140 Å². The van der Waals surface area contributed by atoms with Crippen LogP contribution in [0.4, 0.5) is 0 Å². The van der Waals surface area contributed by atoms with Crippen LogP contribution in [0.1, 0.15) is 87.7 Å². The van der Waals surface area contributed by atoms with Crippen LogP contribution in [0.2, 0.25) is 0 Å². The highest BCUT2D eigenvalue weighted by Crippen LogP contribution is 2.59. The lowest BCUT2D eigenvalue weighted by molar-refractivity contribution is -0.139. The van der Waals surface area contributed by atoms with Gasteiger partial charge in [0, 0.05) is 55.1 Å². The lowest BCUT2D eigenvalue weighted by Gasteiger charge is -2.26. The highest BCUT2D eigenvalue weighted by Gasteiger charge is 2.66. The molecular weight excluding hydrogens is 536 g/mol. The molecule has 3 aromatic rings. The minimum Gasteiger partial charge on any atom is -0.421 e. The van der Waals surface area contributed by atoms with Crippen molar-refractivity contribution in [3.63, 3.8) is 0 Å². The van der Waals surface area contributed by atoms with Crippen LogP contribution in [-0.2, 0) is 27.3 Å². The first-order chi connectivity index (χ1) is 20.1. The molecular formula is C31H38N6O5. The van der Waals surface area contributed by atoms with Crippen molar-refractivity contribution in [2.24, 2.45) is 11.3 Å². The minimum atomic E-state index is -0.518. The summed E-state index contributed by atoms with van der Waals surface area (Å²) in [6.45, 7) is 7.36. The van der Waals surface area contributed by atoms with E-state index in [0.29, 0.717) is 48.5 Å². The SMILES string of the molecule is CCC(=O)[C@@H]1C[C@]23CNC(=O)[C@@H](C)CCCCCc4cc(-c5nnc(C)o5)cc5c(C(C)=O)nn(c45)CC(=O)N1[C@@H]2C3. The van der Waals surface area contributed by atoms with E-state index >= 15 is 0 Å². The van der Waals surface area contributed by atoms with Gasteiger partial charge in [0.1, 0.15) is 12.2 Å². The molecule has 1 N–H and O–H groups in total. The van der Waals surface area contributed by atoms with E-state index < -0.39 is 6.04 Å². The van der Waals surface area contributed by atoms with Gasteiger partial charge in [0.25, 0.3) is 0 Å². The number of aryl methyl sites for hydroxylation is 2. The van der Waals surface area contributed by atoms with Crippen molar-refractivity contribution in [1.29, 1.82) is 0 Å². The van der Waals surface area contributed by atoms with Crippen LogP contribution in [0, 0.1) is 18.3 Å². The summed E-state index contributed by atoms with van der Waals surface area (Å²) < 4.78 is 7.36. The van der Waals surface area contributed by atoms with Gasteiger partial charge >= 0.3 is 0 Å². The van der Waals surface area contributed by atoms with E-state index in [1.165, 1.54) is 6.92 Å². The number of nitrogens with one attached hydrogen (secondary N) is 1. The van der Waals surface area contributed by atoms with E-state index in [9.17, 15) is 19.2 Å². The summed E-state index contributed by atoms with van der Waals surface area (Å²) in [5, 5.41) is 16.6. The molecule has 0 radical (unpaired) electrons. The smallest absolute Gasteiger partial charge is 0.247 e. The fraction of sp³-hybridized carbons (Fsp3) is 0.581. The van der Waals surface area contributed by atoms with Crippen LogP contribution < -0.4 is 5.32 Å². The Morgan fingerprint density at radius 3 is 2.67 bits per heavy atom. The second-order valence-electron chi connectivity index (χ2n) is 12.4. The van der Waals surface area contributed by atoms with Crippen molar-refractivity contribution in [3.05, 3.63) is 29.3 Å². The van der Waals surface area contributed by atoms with Gasteiger partial charge in [-0.15, -0.1) is 10.2 Å². The third-order valence-electron chi connectivity index (χ3n) is 9.39. The van der Waals surface area contributed by atoms with Crippen molar-refractivity contribution in [2.75, 3.05) is 6.54 Å². The molecule has 2 amide bonds. The van der Waals surface area contributed by atoms with Crippen LogP contribution in [-0.4, -0.2) is 66.9 Å². The number of aromatic nitrogens is 4. The molecule has 1 saturated carbocycles. The van der Waals surface area contributed by atoms with Gasteiger partial charge in [0.05, 0.1) is 11.6 Å². The number of ketones is 2. The Labute approximate surface area is 244 Å². The van der Waals surface area contributed by atoms with Gasteiger partial charge in [0.15, 0.2) is 11.6 Å². The number of amides is 2. The highest BCUT2D eigenvalue weighted by molar-refractivity contribution is 6.07. The Bertz CT molecular complexity index is 1590. The first-order valence-electron chi connectivity index (χ1n) is 15.1. The molecule has 11 nitrogen and oxygen atoms in total. The predicted molar refractivity (Wildman–Crippen MR) is 153 cm³/mol. The molecule has 6 rings (SSSR count). The van der Waals surface area contributed by atoms with Gasteiger partial charge in [-0.05, 0) is 49.8 Å². The number of rotatable bonds is 4. The van der Waals surface area contributed by atoms with Crippen LogP contribution >= 0.6 is 0 Å². The molecule has 2 fully saturated rings. The summed E-state index contributed by atoms with van der Waals surface area (Å²) in [6, 6.07) is 3.20. The Morgan fingerprint density at radius 1 is 1.14 bits per heavy atom. The van der Waals surface area contributed by atoms with E-state index in [4.69, 9.17) is 4.42 Å². The van der Waals surface area contributed by atoms with E-state index in [1.54, 1.807) is 16.5 Å². The molecule has 222 valence electrons. The molecule has 1 aromatic carbocycles. The third kappa shape index (κ3) is 4.92. The van der Waals surface area contributed by atoms with E-state index in [1.807, 2.05) is 26.0 Å². The highest BCUT2D eigenvalue weighted by atomic mass is 16.4. The molecule has 3 aliphatic rings. The summed E-state index contributed by atoms with van der Waals surface area (Å²) in [6.07, 6.45) is 5.81. The Morgan fingerprint density at radius 2 is 1.95 bits per heavy atom. The summed E-state index contributed by atoms with van der Waals surface area (Å²) in [4.78, 5) is 54.5. The molecule has 42 heavy (non-hydrogen) atoms. The predicted octanol–water partition coefficient (Wildman–Crippen LogP) is 3.80. The average Bonchev–Trinajstić information content (AvgIpc) is 3.23. The van der Waals surface area contributed by atoms with Gasteiger partial charge in [-0.1, -0.05) is 26.7 Å². The number of carbonyl (C=O) groups excluding carboxylic acids is 4. The van der Waals surface area contributed by atoms with Crippen LogP contribution in [0.5, 0.6) is 0 Å². The fourth-order valence-corrected chi connectivity index (χ4v) is 6.98. The van der Waals surface area contributed by atoms with Crippen molar-refractivity contribution < 1.29 is 23.6 Å². The zero-order valence-electron chi connectivity index (χ0n) is 24.7. The zero-order valence-corrected chi connectivity index (χ0v) is 24.7. The summed E-state index contributed by atoms with van der Waals surface area (Å²) in [5.41, 5.74) is 2.38. The summed E-state index contributed by atoms with van der Waals surface area (Å²) in [5.74, 6) is 0.337. The van der Waals surface area contributed by atoms with E-state index in [2.05, 4.69) is 20.6 Å². The number of piperidine rings is 1. The maximum Gasteiger partial charge on any atom is 0.247 e. The van der Waals surface area contributed by atoms with Crippen LogP contribution in [0.15, 0.2) is 16.5 Å². The maximum absolute atomic E-state index is 14.0. The largest absolute Gasteiger partial charge is 0.421 e. The first-order valence-corrected chi connectivity index (χ1v) is 15.1. The second kappa shape index (κ2) is 10.7. The molecule has 1 aliphatic carbocycles. The first kappa shape index (κ1) is 28.2. The number of hydrogen-bond acceptors (Lipinski definition) is 8. The summed E-state index contributed by atoms with van der Waals surface area (Å²) in [7, 11) is 0. The van der Waals surface area contributed by atoms with Crippen molar-refractivity contribution >= 4 is 34.3 Å². The second-order valence-corrected chi connectivity index (χ2v) is 12.4. The van der Waals surface area contributed by atoms with Gasteiger partial charge < -0.3 is 14.6 Å². The molecule has 0 spiro atoms. The molecule has 2 aliphatic heterocycles. The molecule has 4 heterocycles. The Balaban J connectivity index is 1.45. The van der Waals surface area contributed by atoms with Crippen molar-refractivity contribution in [2.45, 2.75) is 97.7 Å². The molecule has 1 saturated heterocycles.